The number of pyridine rings is 1. The molecule has 1 aromatic heterocycles. The number of nitrogens with zero attached hydrogens (tertiary/aromatic N) is 2. The Labute approximate surface area is 130 Å². The third-order valence-electron chi connectivity index (χ3n) is 3.90. The number of anilines is 2. The van der Waals surface area contributed by atoms with E-state index in [1.54, 1.807) is 12.3 Å². The Balaban J connectivity index is 1.68. The van der Waals surface area contributed by atoms with Crippen molar-refractivity contribution in [3.63, 3.8) is 0 Å². The van der Waals surface area contributed by atoms with Gasteiger partial charge in [0.25, 0.3) is 5.91 Å². The lowest BCUT2D eigenvalue weighted by Gasteiger charge is -2.16. The van der Waals surface area contributed by atoms with Gasteiger partial charge in [-0.1, -0.05) is 6.07 Å². The van der Waals surface area contributed by atoms with Gasteiger partial charge in [0.05, 0.1) is 11.4 Å². The predicted molar refractivity (Wildman–Crippen MR) is 87.6 cm³/mol. The van der Waals surface area contributed by atoms with Crippen molar-refractivity contribution in [1.29, 1.82) is 0 Å². The zero-order valence-electron chi connectivity index (χ0n) is 12.5. The molecule has 3 N–H and O–H groups in total. The molecule has 2 heterocycles. The third-order valence-corrected chi connectivity index (χ3v) is 3.90. The molecule has 1 aliphatic rings. The van der Waals surface area contributed by atoms with Crippen LogP contribution in [-0.2, 0) is 6.54 Å². The van der Waals surface area contributed by atoms with Gasteiger partial charge in [0, 0.05) is 37.6 Å². The van der Waals surface area contributed by atoms with Crippen LogP contribution in [0.15, 0.2) is 42.7 Å². The zero-order chi connectivity index (χ0) is 15.4. The van der Waals surface area contributed by atoms with Crippen LogP contribution in [0.2, 0.25) is 0 Å². The Morgan fingerprint density at radius 2 is 2.09 bits per heavy atom. The van der Waals surface area contributed by atoms with Gasteiger partial charge in [-0.25, -0.2) is 0 Å². The lowest BCUT2D eigenvalue weighted by molar-refractivity contribution is 0.0793. The molecule has 0 unspecified atom stereocenters. The van der Waals surface area contributed by atoms with E-state index in [0.717, 1.165) is 37.2 Å². The maximum Gasteiger partial charge on any atom is 0.253 e. The number of nitrogen functional groups attached to an aromatic ring is 1. The first-order valence-electron chi connectivity index (χ1n) is 7.55. The summed E-state index contributed by atoms with van der Waals surface area (Å²) in [5.41, 5.74) is 9.24. The van der Waals surface area contributed by atoms with Crippen molar-refractivity contribution in [3.8, 4) is 0 Å². The largest absolute Gasteiger partial charge is 0.397 e. The summed E-state index contributed by atoms with van der Waals surface area (Å²) >= 11 is 0. The number of amides is 1. The molecule has 1 fully saturated rings. The van der Waals surface area contributed by atoms with E-state index in [1.165, 1.54) is 0 Å². The Morgan fingerprint density at radius 1 is 1.27 bits per heavy atom. The van der Waals surface area contributed by atoms with Crippen molar-refractivity contribution in [2.24, 2.45) is 0 Å². The second-order valence-electron chi connectivity index (χ2n) is 5.52. The highest BCUT2D eigenvalue weighted by molar-refractivity contribution is 5.96. The molecule has 0 bridgehead atoms. The summed E-state index contributed by atoms with van der Waals surface area (Å²) in [5.74, 6) is 0.0722. The summed E-state index contributed by atoms with van der Waals surface area (Å²) in [4.78, 5) is 18.3. The molecule has 114 valence electrons. The van der Waals surface area contributed by atoms with Gasteiger partial charge in [-0.15, -0.1) is 0 Å². The van der Waals surface area contributed by atoms with E-state index in [0.29, 0.717) is 17.8 Å². The monoisotopic (exact) mass is 296 g/mol. The quantitative estimate of drug-likeness (QED) is 0.850. The van der Waals surface area contributed by atoms with Crippen LogP contribution in [0.25, 0.3) is 0 Å². The first-order chi connectivity index (χ1) is 10.7. The Morgan fingerprint density at radius 3 is 2.77 bits per heavy atom. The van der Waals surface area contributed by atoms with E-state index >= 15 is 0 Å². The molecular weight excluding hydrogens is 276 g/mol. The van der Waals surface area contributed by atoms with Crippen LogP contribution < -0.4 is 11.1 Å². The topological polar surface area (TPSA) is 71.2 Å². The molecule has 0 atom stereocenters. The molecule has 1 saturated heterocycles. The molecule has 0 spiro atoms. The molecule has 0 aliphatic carbocycles. The summed E-state index contributed by atoms with van der Waals surface area (Å²) < 4.78 is 0. The normalized spacial score (nSPS) is 14.1. The predicted octanol–water partition coefficient (Wildman–Crippen LogP) is 2.51. The van der Waals surface area contributed by atoms with Crippen LogP contribution in [0.3, 0.4) is 0 Å². The van der Waals surface area contributed by atoms with Gasteiger partial charge in [0.1, 0.15) is 0 Å². The van der Waals surface area contributed by atoms with Gasteiger partial charge in [0.15, 0.2) is 0 Å². The fourth-order valence-electron chi connectivity index (χ4n) is 2.66. The minimum atomic E-state index is 0.0722. The van der Waals surface area contributed by atoms with Gasteiger partial charge in [-0.05, 0) is 42.7 Å². The van der Waals surface area contributed by atoms with Gasteiger partial charge < -0.3 is 16.0 Å². The van der Waals surface area contributed by atoms with Gasteiger partial charge in [0.2, 0.25) is 0 Å². The van der Waals surface area contributed by atoms with Crippen LogP contribution in [0.1, 0.15) is 28.8 Å². The maximum atomic E-state index is 12.3. The van der Waals surface area contributed by atoms with E-state index in [2.05, 4.69) is 10.3 Å². The smallest absolute Gasteiger partial charge is 0.253 e. The summed E-state index contributed by atoms with van der Waals surface area (Å²) in [6.45, 7) is 2.34. The summed E-state index contributed by atoms with van der Waals surface area (Å²) in [6.07, 6.45) is 5.74. The standard InChI is InChI=1S/C17H20N4O/c18-15-10-14(17(22)21-8-1-2-9-21)5-6-16(15)20-12-13-4-3-7-19-11-13/h3-7,10-11,20H,1-2,8-9,12,18H2. The van der Waals surface area contributed by atoms with Crippen molar-refractivity contribution in [1.82, 2.24) is 9.88 Å². The van der Waals surface area contributed by atoms with E-state index in [1.807, 2.05) is 35.4 Å². The van der Waals surface area contributed by atoms with E-state index < -0.39 is 0 Å². The number of aromatic nitrogens is 1. The Hall–Kier alpha value is -2.56. The Bertz CT molecular complexity index is 651. The number of nitrogens with two attached hydrogens (primary N) is 1. The molecule has 1 aliphatic heterocycles. The minimum absolute atomic E-state index is 0.0722. The Kier molecular flexibility index (Phi) is 4.23. The average molecular weight is 296 g/mol. The molecule has 3 rings (SSSR count). The molecule has 0 saturated carbocycles. The lowest BCUT2D eigenvalue weighted by atomic mass is 10.1. The van der Waals surface area contributed by atoms with Crippen LogP contribution in [0.5, 0.6) is 0 Å². The number of likely N-dealkylation sites (tertiary alicyclic amines) is 1. The van der Waals surface area contributed by atoms with Gasteiger partial charge in [-0.2, -0.15) is 0 Å². The van der Waals surface area contributed by atoms with Crippen molar-refractivity contribution in [2.45, 2.75) is 19.4 Å². The molecular formula is C17H20N4O. The van der Waals surface area contributed by atoms with E-state index in [4.69, 9.17) is 5.73 Å². The second-order valence-corrected chi connectivity index (χ2v) is 5.52. The zero-order valence-corrected chi connectivity index (χ0v) is 12.5. The molecule has 22 heavy (non-hydrogen) atoms. The number of hydrogen-bond acceptors (Lipinski definition) is 4. The molecule has 1 amide bonds. The minimum Gasteiger partial charge on any atom is -0.397 e. The van der Waals surface area contributed by atoms with Crippen LogP contribution in [-0.4, -0.2) is 28.9 Å². The summed E-state index contributed by atoms with van der Waals surface area (Å²) in [7, 11) is 0. The van der Waals surface area contributed by atoms with Crippen molar-refractivity contribution < 1.29 is 4.79 Å². The van der Waals surface area contributed by atoms with Crippen LogP contribution >= 0.6 is 0 Å². The molecule has 2 aromatic rings. The second kappa shape index (κ2) is 6.47. The third kappa shape index (κ3) is 3.19. The van der Waals surface area contributed by atoms with Gasteiger partial charge >= 0.3 is 0 Å². The van der Waals surface area contributed by atoms with Crippen molar-refractivity contribution in [2.75, 3.05) is 24.1 Å². The molecule has 5 nitrogen and oxygen atoms in total. The number of carbonyl (C=O) groups is 1. The van der Waals surface area contributed by atoms with E-state index in [9.17, 15) is 4.79 Å². The highest BCUT2D eigenvalue weighted by Crippen LogP contribution is 2.22. The highest BCUT2D eigenvalue weighted by Gasteiger charge is 2.19. The number of hydrogen-bond donors (Lipinski definition) is 2. The van der Waals surface area contributed by atoms with Crippen molar-refractivity contribution in [3.05, 3.63) is 53.9 Å². The number of rotatable bonds is 4. The van der Waals surface area contributed by atoms with Gasteiger partial charge in [-0.3, -0.25) is 9.78 Å². The fraction of sp³-hybridized carbons (Fsp3) is 0.294. The SMILES string of the molecule is Nc1cc(C(=O)N2CCCC2)ccc1NCc1cccnc1. The highest BCUT2D eigenvalue weighted by atomic mass is 16.2. The summed E-state index contributed by atoms with van der Waals surface area (Å²) in [6, 6.07) is 9.36. The lowest BCUT2D eigenvalue weighted by Crippen LogP contribution is -2.27. The molecule has 5 heteroatoms. The maximum absolute atomic E-state index is 12.3. The fourth-order valence-corrected chi connectivity index (χ4v) is 2.66. The average Bonchev–Trinajstić information content (AvgIpc) is 3.08. The first-order valence-corrected chi connectivity index (χ1v) is 7.55. The molecule has 1 aromatic carbocycles. The van der Waals surface area contributed by atoms with Crippen LogP contribution in [0.4, 0.5) is 11.4 Å². The number of nitrogens with one attached hydrogen (secondary N) is 1. The van der Waals surface area contributed by atoms with Crippen molar-refractivity contribution >= 4 is 17.3 Å². The van der Waals surface area contributed by atoms with E-state index in [-0.39, 0.29) is 5.91 Å². The number of benzene rings is 1. The van der Waals surface area contributed by atoms with Crippen LogP contribution in [0, 0.1) is 0 Å². The summed E-state index contributed by atoms with van der Waals surface area (Å²) in [5, 5.41) is 3.28. The first kappa shape index (κ1) is 14.4. The molecule has 0 radical (unpaired) electrons. The number of carbonyl (C=O) groups excluding carboxylic acids is 1.